The lowest BCUT2D eigenvalue weighted by Crippen LogP contribution is -2.19. The molecule has 0 saturated heterocycles. The molecule has 0 saturated carbocycles. The molecule has 0 spiro atoms. The maximum absolute atomic E-state index is 5.22. The predicted octanol–water partition coefficient (Wildman–Crippen LogP) is 2.68. The van der Waals surface area contributed by atoms with Gasteiger partial charge in [-0.2, -0.15) is 0 Å². The second kappa shape index (κ2) is 6.18. The van der Waals surface area contributed by atoms with Crippen LogP contribution in [-0.4, -0.2) is 24.1 Å². The second-order valence-electron chi connectivity index (χ2n) is 4.45. The third-order valence-electron chi connectivity index (χ3n) is 3.00. The van der Waals surface area contributed by atoms with E-state index in [1.807, 2.05) is 42.5 Å². The fourth-order valence-electron chi connectivity index (χ4n) is 1.84. The van der Waals surface area contributed by atoms with Crippen molar-refractivity contribution in [2.24, 2.45) is 0 Å². The van der Waals surface area contributed by atoms with E-state index in [0.717, 1.165) is 30.2 Å². The molecule has 0 N–H and O–H groups in total. The summed E-state index contributed by atoms with van der Waals surface area (Å²) in [6, 6.07) is 8.02. The van der Waals surface area contributed by atoms with Crippen molar-refractivity contribution in [1.29, 1.82) is 0 Å². The summed E-state index contributed by atoms with van der Waals surface area (Å²) in [5.41, 5.74) is 2.32. The summed E-state index contributed by atoms with van der Waals surface area (Å²) in [6.45, 7) is 2.85. The molecule has 100 valence electrons. The Bertz CT molecular complexity index is 525. The van der Waals surface area contributed by atoms with Gasteiger partial charge in [-0.15, -0.1) is 0 Å². The van der Waals surface area contributed by atoms with E-state index in [9.17, 15) is 0 Å². The molecular formula is C15H19N3O. The number of methoxy groups -OCH3 is 1. The van der Waals surface area contributed by atoms with E-state index >= 15 is 0 Å². The SMILES string of the molecule is CCc1cnc(N(C)Cc2cccc(OC)c2)nc1. The van der Waals surface area contributed by atoms with Crippen LogP contribution in [0.4, 0.5) is 5.95 Å². The molecule has 0 fully saturated rings. The molecule has 0 unspecified atom stereocenters. The van der Waals surface area contributed by atoms with Crippen molar-refractivity contribution in [3.8, 4) is 5.75 Å². The molecule has 2 aromatic rings. The third-order valence-corrected chi connectivity index (χ3v) is 3.00. The molecule has 0 bridgehead atoms. The van der Waals surface area contributed by atoms with Crippen LogP contribution in [-0.2, 0) is 13.0 Å². The highest BCUT2D eigenvalue weighted by Gasteiger charge is 2.05. The van der Waals surface area contributed by atoms with Gasteiger partial charge in [0.2, 0.25) is 5.95 Å². The Kier molecular flexibility index (Phi) is 4.34. The van der Waals surface area contributed by atoms with Gasteiger partial charge >= 0.3 is 0 Å². The van der Waals surface area contributed by atoms with Crippen LogP contribution >= 0.6 is 0 Å². The lowest BCUT2D eigenvalue weighted by Gasteiger charge is -2.17. The fourth-order valence-corrected chi connectivity index (χ4v) is 1.84. The van der Waals surface area contributed by atoms with Crippen LogP contribution in [0.2, 0.25) is 0 Å². The Morgan fingerprint density at radius 3 is 2.53 bits per heavy atom. The Labute approximate surface area is 114 Å². The maximum Gasteiger partial charge on any atom is 0.225 e. The average molecular weight is 257 g/mol. The first-order chi connectivity index (χ1) is 9.22. The number of ether oxygens (including phenoxy) is 1. The van der Waals surface area contributed by atoms with Gasteiger partial charge < -0.3 is 9.64 Å². The Morgan fingerprint density at radius 2 is 1.89 bits per heavy atom. The first-order valence-electron chi connectivity index (χ1n) is 6.38. The zero-order valence-corrected chi connectivity index (χ0v) is 11.6. The smallest absolute Gasteiger partial charge is 0.225 e. The van der Waals surface area contributed by atoms with Crippen LogP contribution in [0.25, 0.3) is 0 Å². The van der Waals surface area contributed by atoms with Gasteiger partial charge in [0.05, 0.1) is 7.11 Å². The number of rotatable bonds is 5. The van der Waals surface area contributed by atoms with Gasteiger partial charge in [0.1, 0.15) is 5.75 Å². The van der Waals surface area contributed by atoms with Gasteiger partial charge in [0.25, 0.3) is 0 Å². The van der Waals surface area contributed by atoms with Crippen LogP contribution in [0.1, 0.15) is 18.1 Å². The Hall–Kier alpha value is -2.10. The van der Waals surface area contributed by atoms with Gasteiger partial charge in [-0.25, -0.2) is 9.97 Å². The normalized spacial score (nSPS) is 10.3. The van der Waals surface area contributed by atoms with E-state index in [4.69, 9.17) is 4.74 Å². The molecular weight excluding hydrogens is 238 g/mol. The molecule has 4 heteroatoms. The predicted molar refractivity (Wildman–Crippen MR) is 76.5 cm³/mol. The van der Waals surface area contributed by atoms with Gasteiger partial charge in [0.15, 0.2) is 0 Å². The molecule has 0 atom stereocenters. The molecule has 0 aliphatic carbocycles. The number of aromatic nitrogens is 2. The standard InChI is InChI=1S/C15H19N3O/c1-4-12-9-16-15(17-10-12)18(2)11-13-6-5-7-14(8-13)19-3/h5-10H,4,11H2,1-3H3. The molecule has 0 radical (unpaired) electrons. The Balaban J connectivity index is 2.08. The molecule has 2 rings (SSSR count). The number of hydrogen-bond donors (Lipinski definition) is 0. The Morgan fingerprint density at radius 1 is 1.16 bits per heavy atom. The molecule has 0 aliphatic rings. The van der Waals surface area contributed by atoms with Gasteiger partial charge in [-0.05, 0) is 29.7 Å². The topological polar surface area (TPSA) is 38.2 Å². The lowest BCUT2D eigenvalue weighted by atomic mass is 10.2. The number of aryl methyl sites for hydroxylation is 1. The van der Waals surface area contributed by atoms with Crippen LogP contribution in [0.3, 0.4) is 0 Å². The van der Waals surface area contributed by atoms with E-state index < -0.39 is 0 Å². The molecule has 1 aromatic carbocycles. The largest absolute Gasteiger partial charge is 0.497 e. The summed E-state index contributed by atoms with van der Waals surface area (Å²) < 4.78 is 5.22. The summed E-state index contributed by atoms with van der Waals surface area (Å²) in [4.78, 5) is 10.8. The minimum absolute atomic E-state index is 0.736. The number of benzene rings is 1. The number of nitrogens with zero attached hydrogens (tertiary/aromatic N) is 3. The first-order valence-corrected chi connectivity index (χ1v) is 6.38. The molecule has 0 aliphatic heterocycles. The number of anilines is 1. The highest BCUT2D eigenvalue weighted by atomic mass is 16.5. The van der Waals surface area contributed by atoms with Crippen LogP contribution in [0, 0.1) is 0 Å². The minimum atomic E-state index is 0.736. The van der Waals surface area contributed by atoms with Gasteiger partial charge in [-0.1, -0.05) is 19.1 Å². The quantitative estimate of drug-likeness (QED) is 0.825. The monoisotopic (exact) mass is 257 g/mol. The summed E-state index contributed by atoms with van der Waals surface area (Å²) >= 11 is 0. The van der Waals surface area contributed by atoms with E-state index in [1.165, 1.54) is 5.56 Å². The zero-order chi connectivity index (χ0) is 13.7. The van der Waals surface area contributed by atoms with E-state index in [1.54, 1.807) is 7.11 Å². The molecule has 0 amide bonds. The van der Waals surface area contributed by atoms with Crippen LogP contribution < -0.4 is 9.64 Å². The fraction of sp³-hybridized carbons (Fsp3) is 0.333. The maximum atomic E-state index is 5.22. The van der Waals surface area contributed by atoms with Crippen molar-refractivity contribution in [3.05, 3.63) is 47.8 Å². The first kappa shape index (κ1) is 13.3. The van der Waals surface area contributed by atoms with Crippen molar-refractivity contribution >= 4 is 5.95 Å². The van der Waals surface area contributed by atoms with Crippen LogP contribution in [0.15, 0.2) is 36.7 Å². The van der Waals surface area contributed by atoms with Crippen molar-refractivity contribution in [2.75, 3.05) is 19.1 Å². The van der Waals surface area contributed by atoms with Crippen molar-refractivity contribution in [3.63, 3.8) is 0 Å². The van der Waals surface area contributed by atoms with Gasteiger partial charge in [0, 0.05) is 26.0 Å². The molecule has 4 nitrogen and oxygen atoms in total. The zero-order valence-electron chi connectivity index (χ0n) is 11.6. The molecule has 1 aromatic heterocycles. The third kappa shape index (κ3) is 3.44. The highest BCUT2D eigenvalue weighted by Crippen LogP contribution is 2.15. The lowest BCUT2D eigenvalue weighted by molar-refractivity contribution is 0.414. The summed E-state index contributed by atoms with van der Waals surface area (Å²) in [5, 5.41) is 0. The molecule has 1 heterocycles. The van der Waals surface area contributed by atoms with Crippen molar-refractivity contribution in [1.82, 2.24) is 9.97 Å². The van der Waals surface area contributed by atoms with Gasteiger partial charge in [-0.3, -0.25) is 0 Å². The minimum Gasteiger partial charge on any atom is -0.497 e. The summed E-state index contributed by atoms with van der Waals surface area (Å²) in [6.07, 6.45) is 4.72. The van der Waals surface area contributed by atoms with E-state index in [0.29, 0.717) is 0 Å². The highest BCUT2D eigenvalue weighted by molar-refractivity contribution is 5.34. The summed E-state index contributed by atoms with van der Waals surface area (Å²) in [5.74, 6) is 1.60. The van der Waals surface area contributed by atoms with E-state index in [2.05, 4.69) is 23.0 Å². The molecule has 19 heavy (non-hydrogen) atoms. The average Bonchev–Trinajstić information content (AvgIpc) is 2.47. The summed E-state index contributed by atoms with van der Waals surface area (Å²) in [7, 11) is 3.66. The van der Waals surface area contributed by atoms with Crippen LogP contribution in [0.5, 0.6) is 5.75 Å². The van der Waals surface area contributed by atoms with Crippen molar-refractivity contribution < 1.29 is 4.74 Å². The second-order valence-corrected chi connectivity index (χ2v) is 4.45. The van der Waals surface area contributed by atoms with Crippen molar-refractivity contribution in [2.45, 2.75) is 19.9 Å². The number of hydrogen-bond acceptors (Lipinski definition) is 4. The van der Waals surface area contributed by atoms with E-state index in [-0.39, 0.29) is 0 Å².